The Balaban J connectivity index is 1.87. The van der Waals surface area contributed by atoms with Crippen molar-refractivity contribution in [3.63, 3.8) is 0 Å². The molecule has 2 rings (SSSR count). The van der Waals surface area contributed by atoms with Gasteiger partial charge < -0.3 is 20.3 Å². The van der Waals surface area contributed by atoms with Crippen molar-refractivity contribution in [2.45, 2.75) is 12.6 Å². The van der Waals surface area contributed by atoms with Gasteiger partial charge in [-0.05, 0) is 29.3 Å². The Morgan fingerprint density at radius 3 is 2.36 bits per heavy atom. The molecule has 0 aromatic heterocycles. The van der Waals surface area contributed by atoms with E-state index in [0.717, 1.165) is 11.1 Å². The number of rotatable bonds is 8. The summed E-state index contributed by atoms with van der Waals surface area (Å²) in [5, 5.41) is 19.8. The molecule has 0 fully saturated rings. The number of aliphatic hydroxyl groups is 1. The van der Waals surface area contributed by atoms with E-state index in [2.05, 4.69) is 5.32 Å². The van der Waals surface area contributed by atoms with Crippen LogP contribution in [0.2, 0.25) is 0 Å². The second-order valence-electron chi connectivity index (χ2n) is 5.26. The van der Waals surface area contributed by atoms with Gasteiger partial charge >= 0.3 is 5.97 Å². The lowest BCUT2D eigenvalue weighted by molar-refractivity contribution is -0.142. The molecule has 0 bridgehead atoms. The van der Waals surface area contributed by atoms with E-state index in [9.17, 15) is 9.59 Å². The van der Waals surface area contributed by atoms with Gasteiger partial charge in [0.2, 0.25) is 5.91 Å². The summed E-state index contributed by atoms with van der Waals surface area (Å²) >= 11 is 0. The fourth-order valence-electron chi connectivity index (χ4n) is 1.99. The molecule has 0 spiro atoms. The average Bonchev–Trinajstić information content (AvgIpc) is 2.64. The van der Waals surface area contributed by atoms with Crippen molar-refractivity contribution in [3.8, 4) is 5.75 Å². The molecule has 0 aliphatic heterocycles. The molecule has 1 unspecified atom stereocenters. The minimum absolute atomic E-state index is 0.468. The van der Waals surface area contributed by atoms with Crippen LogP contribution >= 0.6 is 0 Å². The van der Waals surface area contributed by atoms with Crippen LogP contribution in [0.15, 0.2) is 60.7 Å². The second kappa shape index (κ2) is 9.24. The van der Waals surface area contributed by atoms with E-state index in [-0.39, 0.29) is 0 Å². The molecule has 1 atom stereocenters. The zero-order valence-corrected chi connectivity index (χ0v) is 13.5. The molecule has 0 saturated carbocycles. The number of ether oxygens (including phenoxy) is 1. The largest absolute Gasteiger partial charge is 0.489 e. The maximum Gasteiger partial charge on any atom is 0.328 e. The molecule has 0 aliphatic carbocycles. The Labute approximate surface area is 145 Å². The third kappa shape index (κ3) is 6.12. The van der Waals surface area contributed by atoms with Crippen LogP contribution in [-0.4, -0.2) is 34.7 Å². The van der Waals surface area contributed by atoms with Gasteiger partial charge in [-0.25, -0.2) is 4.79 Å². The van der Waals surface area contributed by atoms with Crippen molar-refractivity contribution >= 4 is 18.0 Å². The Morgan fingerprint density at radius 2 is 1.76 bits per heavy atom. The highest BCUT2D eigenvalue weighted by molar-refractivity contribution is 5.94. The first-order valence-corrected chi connectivity index (χ1v) is 7.67. The normalized spacial score (nSPS) is 11.9. The highest BCUT2D eigenvalue weighted by atomic mass is 16.5. The quantitative estimate of drug-likeness (QED) is 0.637. The molecule has 1 amide bonds. The monoisotopic (exact) mass is 341 g/mol. The molecule has 2 aromatic rings. The lowest BCUT2D eigenvalue weighted by Gasteiger charge is -2.09. The van der Waals surface area contributed by atoms with Crippen LogP contribution in [0.4, 0.5) is 0 Å². The first-order valence-electron chi connectivity index (χ1n) is 7.67. The van der Waals surface area contributed by atoms with Crippen molar-refractivity contribution in [1.82, 2.24) is 5.32 Å². The van der Waals surface area contributed by atoms with Crippen molar-refractivity contribution in [3.05, 3.63) is 71.8 Å². The summed E-state index contributed by atoms with van der Waals surface area (Å²) in [5.41, 5.74) is 1.83. The zero-order chi connectivity index (χ0) is 18.1. The topological polar surface area (TPSA) is 95.9 Å². The van der Waals surface area contributed by atoms with Crippen molar-refractivity contribution in [2.75, 3.05) is 6.61 Å². The minimum atomic E-state index is -1.31. The van der Waals surface area contributed by atoms with E-state index >= 15 is 0 Å². The molecule has 0 heterocycles. The molecular formula is C19H19NO5. The number of aliphatic hydroxyl groups excluding tert-OH is 1. The van der Waals surface area contributed by atoms with Crippen LogP contribution in [0.3, 0.4) is 0 Å². The molecule has 2 aromatic carbocycles. The van der Waals surface area contributed by atoms with Crippen molar-refractivity contribution in [2.24, 2.45) is 0 Å². The van der Waals surface area contributed by atoms with E-state index < -0.39 is 24.5 Å². The van der Waals surface area contributed by atoms with Gasteiger partial charge in [-0.15, -0.1) is 0 Å². The molecule has 6 heteroatoms. The molecule has 6 nitrogen and oxygen atoms in total. The lowest BCUT2D eigenvalue weighted by Crippen LogP contribution is -2.42. The second-order valence-corrected chi connectivity index (χ2v) is 5.26. The molecule has 130 valence electrons. The first kappa shape index (κ1) is 18.2. The summed E-state index contributed by atoms with van der Waals surface area (Å²) < 4.78 is 5.67. The van der Waals surface area contributed by atoms with E-state index in [0.29, 0.717) is 12.4 Å². The third-order valence-corrected chi connectivity index (χ3v) is 3.35. The van der Waals surface area contributed by atoms with E-state index in [1.165, 1.54) is 6.08 Å². The number of carboxylic acids is 1. The number of carbonyl (C=O) groups is 2. The summed E-state index contributed by atoms with van der Waals surface area (Å²) in [4.78, 5) is 22.3. The van der Waals surface area contributed by atoms with Crippen LogP contribution < -0.4 is 10.1 Å². The number of carbonyl (C=O) groups excluding carboxylic acids is 1. The number of aliphatic carboxylic acids is 1. The van der Waals surface area contributed by atoms with Gasteiger partial charge in [-0.1, -0.05) is 42.5 Å². The number of amides is 1. The molecule has 0 saturated heterocycles. The summed E-state index contributed by atoms with van der Waals surface area (Å²) in [6.45, 7) is -0.196. The van der Waals surface area contributed by atoms with Crippen LogP contribution in [0.25, 0.3) is 6.08 Å². The Bertz CT molecular complexity index is 725. The van der Waals surface area contributed by atoms with Gasteiger partial charge in [0.1, 0.15) is 12.4 Å². The van der Waals surface area contributed by atoms with Crippen LogP contribution in [0, 0.1) is 0 Å². The fourth-order valence-corrected chi connectivity index (χ4v) is 1.99. The first-order chi connectivity index (χ1) is 12.1. The minimum Gasteiger partial charge on any atom is -0.489 e. The highest BCUT2D eigenvalue weighted by Crippen LogP contribution is 2.15. The summed E-state index contributed by atoms with van der Waals surface area (Å²) in [6.07, 6.45) is 2.76. The maximum absolute atomic E-state index is 11.6. The predicted octanol–water partition coefficient (Wildman–Crippen LogP) is 1.84. The Kier molecular flexibility index (Phi) is 6.74. The van der Waals surface area contributed by atoms with E-state index in [1.54, 1.807) is 30.3 Å². The number of carboxylic acid groups (broad SMARTS) is 1. The molecule has 0 radical (unpaired) electrons. The summed E-state index contributed by atoms with van der Waals surface area (Å²) in [5.74, 6) is -1.17. The van der Waals surface area contributed by atoms with Gasteiger partial charge in [0.25, 0.3) is 0 Å². The van der Waals surface area contributed by atoms with E-state index in [4.69, 9.17) is 14.9 Å². The number of hydrogen-bond acceptors (Lipinski definition) is 4. The standard InChI is InChI=1S/C19H19NO5/c21-12-17(19(23)24)20-18(22)11-8-14-6-9-16(10-7-14)25-13-15-4-2-1-3-5-15/h1-11,17,21H,12-13H2,(H,20,22)(H,23,24)/b11-8+. The van der Waals surface area contributed by atoms with Gasteiger partial charge in [-0.3, -0.25) is 4.79 Å². The third-order valence-electron chi connectivity index (χ3n) is 3.35. The fraction of sp³-hybridized carbons (Fsp3) is 0.158. The average molecular weight is 341 g/mol. The SMILES string of the molecule is O=C(/C=C/c1ccc(OCc2ccccc2)cc1)NC(CO)C(=O)O. The summed E-state index contributed by atoms with van der Waals surface area (Å²) in [6, 6.07) is 15.6. The van der Waals surface area contributed by atoms with Crippen LogP contribution in [0.1, 0.15) is 11.1 Å². The Morgan fingerprint density at radius 1 is 1.08 bits per heavy atom. The van der Waals surface area contributed by atoms with Crippen molar-refractivity contribution < 1.29 is 24.5 Å². The maximum atomic E-state index is 11.6. The van der Waals surface area contributed by atoms with Gasteiger partial charge in [0.05, 0.1) is 6.61 Å². The van der Waals surface area contributed by atoms with E-state index in [1.807, 2.05) is 30.3 Å². The molecule has 25 heavy (non-hydrogen) atoms. The van der Waals surface area contributed by atoms with Gasteiger partial charge in [-0.2, -0.15) is 0 Å². The molecule has 3 N–H and O–H groups in total. The Hall–Kier alpha value is -3.12. The van der Waals surface area contributed by atoms with Gasteiger partial charge in [0, 0.05) is 6.08 Å². The predicted molar refractivity (Wildman–Crippen MR) is 92.9 cm³/mol. The number of hydrogen-bond donors (Lipinski definition) is 3. The highest BCUT2D eigenvalue weighted by Gasteiger charge is 2.16. The zero-order valence-electron chi connectivity index (χ0n) is 13.5. The molecule has 0 aliphatic rings. The van der Waals surface area contributed by atoms with Crippen molar-refractivity contribution in [1.29, 1.82) is 0 Å². The number of benzene rings is 2. The molecular weight excluding hydrogens is 322 g/mol. The van der Waals surface area contributed by atoms with Crippen LogP contribution in [-0.2, 0) is 16.2 Å². The van der Waals surface area contributed by atoms with Gasteiger partial charge in [0.15, 0.2) is 6.04 Å². The lowest BCUT2D eigenvalue weighted by atomic mass is 10.2. The smallest absolute Gasteiger partial charge is 0.328 e. The summed E-state index contributed by atoms with van der Waals surface area (Å²) in [7, 11) is 0. The van der Waals surface area contributed by atoms with Crippen LogP contribution in [0.5, 0.6) is 5.75 Å². The number of nitrogens with one attached hydrogen (secondary N) is 1.